The fourth-order valence-corrected chi connectivity index (χ4v) is 3.28. The van der Waals surface area contributed by atoms with Gasteiger partial charge in [0.05, 0.1) is 11.4 Å². The van der Waals surface area contributed by atoms with Crippen LogP contribution in [0.4, 0.5) is 0 Å². The van der Waals surface area contributed by atoms with Crippen molar-refractivity contribution in [2.75, 3.05) is 13.1 Å². The Morgan fingerprint density at radius 3 is 2.52 bits per heavy atom. The molecule has 27 heavy (non-hydrogen) atoms. The van der Waals surface area contributed by atoms with Gasteiger partial charge in [-0.05, 0) is 44.2 Å². The molecule has 3 aromatic rings. The van der Waals surface area contributed by atoms with E-state index >= 15 is 0 Å². The van der Waals surface area contributed by atoms with Crippen LogP contribution in [0.1, 0.15) is 19.4 Å². The molecule has 0 radical (unpaired) electrons. The van der Waals surface area contributed by atoms with Crippen LogP contribution in [0.15, 0.2) is 71.3 Å². The van der Waals surface area contributed by atoms with Crippen molar-refractivity contribution >= 4 is 27.9 Å². The average Bonchev–Trinajstić information content (AvgIpc) is 3.12. The van der Waals surface area contributed by atoms with Crippen LogP contribution < -0.4 is 0 Å². The van der Waals surface area contributed by atoms with Crippen molar-refractivity contribution in [2.45, 2.75) is 13.8 Å². The van der Waals surface area contributed by atoms with E-state index in [1.165, 1.54) is 0 Å². The average molecular weight is 424 g/mol. The highest BCUT2D eigenvalue weighted by atomic mass is 79.9. The minimum Gasteiger partial charge on any atom is -0.340 e. The highest BCUT2D eigenvalue weighted by Crippen LogP contribution is 2.27. The van der Waals surface area contributed by atoms with E-state index in [-0.39, 0.29) is 5.91 Å². The molecular formula is C22H22BrN3O. The molecule has 1 heterocycles. The Balaban J connectivity index is 2.03. The Kier molecular flexibility index (Phi) is 6.24. The molecule has 0 aliphatic heterocycles. The van der Waals surface area contributed by atoms with E-state index in [0.717, 1.165) is 27.0 Å². The summed E-state index contributed by atoms with van der Waals surface area (Å²) in [4.78, 5) is 14.2. The molecule has 0 bridgehead atoms. The first-order valence-electron chi connectivity index (χ1n) is 9.00. The Hall–Kier alpha value is -2.66. The molecule has 0 atom stereocenters. The number of hydrogen-bond donors (Lipinski definition) is 0. The van der Waals surface area contributed by atoms with Gasteiger partial charge in [-0.3, -0.25) is 4.79 Å². The third-order valence-electron chi connectivity index (χ3n) is 4.34. The number of benzene rings is 2. The number of carbonyl (C=O) groups is 1. The molecule has 0 fully saturated rings. The first kappa shape index (κ1) is 19.1. The van der Waals surface area contributed by atoms with Gasteiger partial charge in [-0.25, -0.2) is 4.68 Å². The summed E-state index contributed by atoms with van der Waals surface area (Å²) in [7, 11) is 0. The van der Waals surface area contributed by atoms with Gasteiger partial charge in [0.25, 0.3) is 0 Å². The minimum atomic E-state index is 0.00709. The van der Waals surface area contributed by atoms with Crippen LogP contribution in [0.25, 0.3) is 23.0 Å². The second-order valence-electron chi connectivity index (χ2n) is 6.07. The van der Waals surface area contributed by atoms with Crippen LogP contribution in [-0.2, 0) is 4.79 Å². The highest BCUT2D eigenvalue weighted by Gasteiger charge is 2.12. The second-order valence-corrected chi connectivity index (χ2v) is 6.98. The fourth-order valence-electron chi connectivity index (χ4n) is 2.88. The quantitative estimate of drug-likeness (QED) is 0.512. The van der Waals surface area contributed by atoms with Gasteiger partial charge in [-0.1, -0.05) is 46.3 Å². The van der Waals surface area contributed by atoms with E-state index in [1.54, 1.807) is 11.0 Å². The third-order valence-corrected chi connectivity index (χ3v) is 4.84. The van der Waals surface area contributed by atoms with Crippen molar-refractivity contribution in [3.05, 3.63) is 76.9 Å². The molecule has 0 spiro atoms. The second kappa shape index (κ2) is 8.82. The van der Waals surface area contributed by atoms with Gasteiger partial charge in [0.15, 0.2) is 0 Å². The summed E-state index contributed by atoms with van der Waals surface area (Å²) in [5.41, 5.74) is 3.71. The molecule has 1 aromatic heterocycles. The lowest BCUT2D eigenvalue weighted by Crippen LogP contribution is -2.28. The predicted molar refractivity (Wildman–Crippen MR) is 114 cm³/mol. The van der Waals surface area contributed by atoms with Crippen LogP contribution in [0.5, 0.6) is 0 Å². The van der Waals surface area contributed by atoms with E-state index in [4.69, 9.17) is 5.10 Å². The number of para-hydroxylation sites is 1. The Morgan fingerprint density at radius 1 is 1.11 bits per heavy atom. The van der Waals surface area contributed by atoms with E-state index in [9.17, 15) is 4.79 Å². The zero-order chi connectivity index (χ0) is 19.2. The summed E-state index contributed by atoms with van der Waals surface area (Å²) < 4.78 is 2.83. The molecule has 3 rings (SSSR count). The van der Waals surface area contributed by atoms with Crippen molar-refractivity contribution in [3.8, 4) is 16.9 Å². The number of likely N-dealkylation sites (N-methyl/N-ethyl adjacent to an activating group) is 1. The molecule has 0 saturated carbocycles. The van der Waals surface area contributed by atoms with Crippen LogP contribution in [0.3, 0.4) is 0 Å². The van der Waals surface area contributed by atoms with Crippen LogP contribution >= 0.6 is 15.9 Å². The van der Waals surface area contributed by atoms with Gasteiger partial charge in [-0.15, -0.1) is 0 Å². The van der Waals surface area contributed by atoms with Gasteiger partial charge in [-0.2, -0.15) is 5.10 Å². The maximum atomic E-state index is 12.4. The first-order chi connectivity index (χ1) is 13.1. The van der Waals surface area contributed by atoms with Crippen molar-refractivity contribution in [1.82, 2.24) is 14.7 Å². The largest absolute Gasteiger partial charge is 0.340 e. The zero-order valence-electron chi connectivity index (χ0n) is 15.5. The van der Waals surface area contributed by atoms with Gasteiger partial charge in [0.2, 0.25) is 5.91 Å². The molecule has 1 amide bonds. The van der Waals surface area contributed by atoms with Crippen LogP contribution in [0.2, 0.25) is 0 Å². The summed E-state index contributed by atoms with van der Waals surface area (Å²) in [5.74, 6) is 0.00709. The lowest BCUT2D eigenvalue weighted by molar-refractivity contribution is -0.125. The number of halogens is 1. The van der Waals surface area contributed by atoms with Crippen LogP contribution in [-0.4, -0.2) is 33.7 Å². The maximum absolute atomic E-state index is 12.4. The summed E-state index contributed by atoms with van der Waals surface area (Å²) in [5, 5.41) is 4.77. The standard InChI is InChI=1S/C22H22BrN3O/c1-3-25(4-2)21(27)14-13-18-16-26(20-11-6-5-7-12-20)24-22(18)17-9-8-10-19(23)15-17/h5-16H,3-4H2,1-2H3. The molecule has 0 aliphatic carbocycles. The van der Waals surface area contributed by atoms with E-state index in [0.29, 0.717) is 13.1 Å². The number of hydrogen-bond acceptors (Lipinski definition) is 2. The normalized spacial score (nSPS) is 11.1. The van der Waals surface area contributed by atoms with E-state index < -0.39 is 0 Å². The molecule has 5 heteroatoms. The molecule has 0 saturated heterocycles. The maximum Gasteiger partial charge on any atom is 0.246 e. The van der Waals surface area contributed by atoms with Crippen LogP contribution in [0, 0.1) is 0 Å². The summed E-state index contributed by atoms with van der Waals surface area (Å²) in [6, 6.07) is 18.0. The van der Waals surface area contributed by atoms with E-state index in [2.05, 4.69) is 15.9 Å². The summed E-state index contributed by atoms with van der Waals surface area (Å²) in [6.07, 6.45) is 5.43. The van der Waals surface area contributed by atoms with Crippen molar-refractivity contribution in [2.24, 2.45) is 0 Å². The molecule has 138 valence electrons. The topological polar surface area (TPSA) is 38.1 Å². The summed E-state index contributed by atoms with van der Waals surface area (Å²) >= 11 is 3.52. The van der Waals surface area contributed by atoms with Gasteiger partial charge >= 0.3 is 0 Å². The Bertz CT molecular complexity index is 943. The smallest absolute Gasteiger partial charge is 0.246 e. The number of nitrogens with zero attached hydrogens (tertiary/aromatic N) is 3. The molecule has 4 nitrogen and oxygen atoms in total. The highest BCUT2D eigenvalue weighted by molar-refractivity contribution is 9.10. The fraction of sp³-hybridized carbons (Fsp3) is 0.182. The van der Waals surface area contributed by atoms with Crippen molar-refractivity contribution in [3.63, 3.8) is 0 Å². The Labute approximate surface area is 168 Å². The number of aromatic nitrogens is 2. The number of amides is 1. The molecule has 0 aliphatic rings. The van der Waals surface area contributed by atoms with Gasteiger partial charge in [0.1, 0.15) is 0 Å². The lowest BCUT2D eigenvalue weighted by Gasteiger charge is -2.15. The first-order valence-corrected chi connectivity index (χ1v) is 9.79. The number of rotatable bonds is 6. The molecule has 0 N–H and O–H groups in total. The predicted octanol–water partition coefficient (Wildman–Crippen LogP) is 5.18. The van der Waals surface area contributed by atoms with E-state index in [1.807, 2.05) is 85.4 Å². The summed E-state index contributed by atoms with van der Waals surface area (Å²) in [6.45, 7) is 5.36. The third kappa shape index (κ3) is 4.55. The molecular weight excluding hydrogens is 402 g/mol. The minimum absolute atomic E-state index is 0.00709. The van der Waals surface area contributed by atoms with Crippen molar-refractivity contribution in [1.29, 1.82) is 0 Å². The van der Waals surface area contributed by atoms with Crippen molar-refractivity contribution < 1.29 is 4.79 Å². The van der Waals surface area contributed by atoms with Gasteiger partial charge < -0.3 is 4.90 Å². The lowest BCUT2D eigenvalue weighted by atomic mass is 10.1. The molecule has 0 unspecified atom stereocenters. The van der Waals surface area contributed by atoms with Gasteiger partial charge in [0, 0.05) is 41.0 Å². The molecule has 2 aromatic carbocycles. The Morgan fingerprint density at radius 2 is 1.85 bits per heavy atom. The monoisotopic (exact) mass is 423 g/mol. The SMILES string of the molecule is CCN(CC)C(=O)C=Cc1cn(-c2ccccc2)nc1-c1cccc(Br)c1. The zero-order valence-corrected chi connectivity index (χ0v) is 17.1. The number of carbonyl (C=O) groups excluding carboxylic acids is 1.